The van der Waals surface area contributed by atoms with Crippen molar-refractivity contribution in [3.8, 4) is 11.5 Å². The van der Waals surface area contributed by atoms with Crippen molar-refractivity contribution in [2.75, 3.05) is 38.7 Å². The molecule has 7 nitrogen and oxygen atoms in total. The largest absolute Gasteiger partial charge is 0.454 e. The third-order valence-corrected chi connectivity index (χ3v) is 6.75. The molecule has 2 aliphatic rings. The summed E-state index contributed by atoms with van der Waals surface area (Å²) in [6.07, 6.45) is 0. The lowest BCUT2D eigenvalue weighted by atomic mass is 10.1. The maximum absolute atomic E-state index is 12.5. The van der Waals surface area contributed by atoms with Crippen molar-refractivity contribution in [1.82, 2.24) is 4.90 Å². The van der Waals surface area contributed by atoms with Crippen LogP contribution in [0.1, 0.15) is 5.56 Å². The second-order valence-corrected chi connectivity index (χ2v) is 9.06. The van der Waals surface area contributed by atoms with Crippen LogP contribution in [-0.2, 0) is 21.2 Å². The Morgan fingerprint density at radius 2 is 1.71 bits per heavy atom. The third-order valence-electron chi connectivity index (χ3n) is 5.13. The molecule has 1 N–H and O–H groups in total. The molecule has 1 amide bonds. The summed E-state index contributed by atoms with van der Waals surface area (Å²) in [5, 5.41) is 0. The number of hydrogen-bond acceptors (Lipinski definition) is 5. The first-order valence-corrected chi connectivity index (χ1v) is 10.9. The number of rotatable bonds is 5. The molecule has 4 rings (SSSR count). The minimum atomic E-state index is -3.60. The van der Waals surface area contributed by atoms with Gasteiger partial charge in [-0.1, -0.05) is 18.2 Å². The minimum Gasteiger partial charge on any atom is -0.454 e. The van der Waals surface area contributed by atoms with E-state index >= 15 is 0 Å². The molecular weight excluding hydrogens is 380 g/mol. The Labute approximate surface area is 164 Å². The van der Waals surface area contributed by atoms with Crippen LogP contribution in [-0.4, -0.2) is 57.9 Å². The summed E-state index contributed by atoms with van der Waals surface area (Å²) in [5.41, 5.74) is 1.16. The van der Waals surface area contributed by atoms with E-state index in [0.717, 1.165) is 36.7 Å². The van der Waals surface area contributed by atoms with Crippen LogP contribution in [0.5, 0.6) is 11.5 Å². The summed E-state index contributed by atoms with van der Waals surface area (Å²) < 4.78 is 35.6. The Balaban J connectivity index is 1.31. The molecular formula is C20H23N2O5S+. The number of piperazine rings is 1. The summed E-state index contributed by atoms with van der Waals surface area (Å²) in [6.45, 7) is 3.78. The van der Waals surface area contributed by atoms with E-state index in [2.05, 4.69) is 0 Å². The Morgan fingerprint density at radius 3 is 2.46 bits per heavy atom. The van der Waals surface area contributed by atoms with E-state index in [1.807, 2.05) is 18.2 Å². The standard InChI is InChI=1S/C20H22N2O5S/c23-20(14-28(24,25)17-4-2-1-3-5-17)22-10-8-21(9-11-22)13-16-6-7-18-19(12-16)27-15-26-18/h1-7,12H,8-11,13-15H2/p+1. The van der Waals surface area contributed by atoms with E-state index in [1.54, 1.807) is 23.1 Å². The Morgan fingerprint density at radius 1 is 1.00 bits per heavy atom. The number of nitrogens with one attached hydrogen (secondary N) is 1. The fraction of sp³-hybridized carbons (Fsp3) is 0.350. The SMILES string of the molecule is O=C(CS(=O)(=O)c1ccccc1)N1CC[NH+](Cc2ccc3c(c2)OCO3)CC1. The lowest BCUT2D eigenvalue weighted by Gasteiger charge is -2.32. The predicted molar refractivity (Wildman–Crippen MR) is 102 cm³/mol. The van der Waals surface area contributed by atoms with Gasteiger partial charge in [0.25, 0.3) is 0 Å². The molecule has 0 spiro atoms. The van der Waals surface area contributed by atoms with Crippen LogP contribution in [0.25, 0.3) is 0 Å². The molecule has 0 saturated carbocycles. The summed E-state index contributed by atoms with van der Waals surface area (Å²) in [4.78, 5) is 15.7. The van der Waals surface area contributed by atoms with Crippen LogP contribution < -0.4 is 14.4 Å². The number of nitrogens with zero attached hydrogens (tertiary/aromatic N) is 1. The van der Waals surface area contributed by atoms with E-state index in [1.165, 1.54) is 17.0 Å². The highest BCUT2D eigenvalue weighted by Gasteiger charge is 2.28. The second-order valence-electron chi connectivity index (χ2n) is 7.07. The van der Waals surface area contributed by atoms with E-state index in [4.69, 9.17) is 9.47 Å². The molecule has 0 aromatic heterocycles. The molecule has 1 saturated heterocycles. The smallest absolute Gasteiger partial charge is 0.238 e. The molecule has 28 heavy (non-hydrogen) atoms. The number of amides is 1. The van der Waals surface area contributed by atoms with Crippen molar-refractivity contribution in [3.63, 3.8) is 0 Å². The number of fused-ring (bicyclic) bond motifs is 1. The molecule has 8 heteroatoms. The van der Waals surface area contributed by atoms with Crippen LogP contribution in [0.15, 0.2) is 53.4 Å². The van der Waals surface area contributed by atoms with Crippen molar-refractivity contribution >= 4 is 15.7 Å². The molecule has 2 aromatic rings. The molecule has 2 heterocycles. The van der Waals surface area contributed by atoms with Gasteiger partial charge in [0.15, 0.2) is 21.3 Å². The minimum absolute atomic E-state index is 0.190. The van der Waals surface area contributed by atoms with Crippen LogP contribution in [0.2, 0.25) is 0 Å². The van der Waals surface area contributed by atoms with Gasteiger partial charge in [0.1, 0.15) is 12.3 Å². The number of carbonyl (C=O) groups excluding carboxylic acids is 1. The Bertz CT molecular complexity index is 954. The average molecular weight is 403 g/mol. The molecule has 0 radical (unpaired) electrons. The fourth-order valence-corrected chi connectivity index (χ4v) is 4.80. The lowest BCUT2D eigenvalue weighted by Crippen LogP contribution is -3.13. The topological polar surface area (TPSA) is 77.4 Å². The van der Waals surface area contributed by atoms with Crippen molar-refractivity contribution < 1.29 is 27.6 Å². The van der Waals surface area contributed by atoms with E-state index in [9.17, 15) is 13.2 Å². The van der Waals surface area contributed by atoms with Crippen molar-refractivity contribution in [2.45, 2.75) is 11.4 Å². The number of ether oxygens (including phenoxy) is 2. The highest BCUT2D eigenvalue weighted by atomic mass is 32.2. The van der Waals surface area contributed by atoms with Gasteiger partial charge in [-0.3, -0.25) is 4.79 Å². The number of benzene rings is 2. The van der Waals surface area contributed by atoms with Gasteiger partial charge in [-0.25, -0.2) is 8.42 Å². The lowest BCUT2D eigenvalue weighted by molar-refractivity contribution is -0.917. The van der Waals surface area contributed by atoms with Gasteiger partial charge >= 0.3 is 0 Å². The van der Waals surface area contributed by atoms with E-state index < -0.39 is 15.6 Å². The monoisotopic (exact) mass is 403 g/mol. The zero-order chi connectivity index (χ0) is 19.6. The Kier molecular flexibility index (Phi) is 5.23. The van der Waals surface area contributed by atoms with Gasteiger partial charge in [0, 0.05) is 5.56 Å². The zero-order valence-electron chi connectivity index (χ0n) is 15.5. The van der Waals surface area contributed by atoms with Crippen molar-refractivity contribution in [1.29, 1.82) is 0 Å². The van der Waals surface area contributed by atoms with Gasteiger partial charge in [-0.05, 0) is 30.3 Å². The third kappa shape index (κ3) is 4.13. The maximum atomic E-state index is 12.5. The maximum Gasteiger partial charge on any atom is 0.238 e. The zero-order valence-corrected chi connectivity index (χ0v) is 16.3. The van der Waals surface area contributed by atoms with Gasteiger partial charge in [-0.2, -0.15) is 0 Å². The van der Waals surface area contributed by atoms with Crippen LogP contribution in [0.3, 0.4) is 0 Å². The quantitative estimate of drug-likeness (QED) is 0.767. The summed E-state index contributed by atoms with van der Waals surface area (Å²) in [5.74, 6) is 0.741. The summed E-state index contributed by atoms with van der Waals surface area (Å²) in [7, 11) is -3.60. The molecule has 2 aliphatic heterocycles. The first-order valence-electron chi connectivity index (χ1n) is 9.29. The van der Waals surface area contributed by atoms with Crippen LogP contribution >= 0.6 is 0 Å². The predicted octanol–water partition coefficient (Wildman–Crippen LogP) is 0.116. The van der Waals surface area contributed by atoms with E-state index in [-0.39, 0.29) is 17.6 Å². The first-order chi connectivity index (χ1) is 13.5. The molecule has 2 aromatic carbocycles. The number of sulfone groups is 1. The molecule has 0 bridgehead atoms. The van der Waals surface area contributed by atoms with Gasteiger partial charge in [0.05, 0.1) is 31.1 Å². The molecule has 148 valence electrons. The summed E-state index contributed by atoms with van der Waals surface area (Å²) in [6, 6.07) is 14.1. The molecule has 0 aliphatic carbocycles. The Hall–Kier alpha value is -2.58. The molecule has 0 atom stereocenters. The molecule has 1 fully saturated rings. The number of quaternary nitrogens is 1. The van der Waals surface area contributed by atoms with Crippen molar-refractivity contribution in [3.05, 3.63) is 54.1 Å². The number of hydrogen-bond donors (Lipinski definition) is 1. The number of carbonyl (C=O) groups is 1. The van der Waals surface area contributed by atoms with Crippen molar-refractivity contribution in [2.24, 2.45) is 0 Å². The normalized spacial score (nSPS) is 16.9. The molecule has 0 unspecified atom stereocenters. The van der Waals surface area contributed by atoms with Gasteiger partial charge in [0.2, 0.25) is 12.7 Å². The highest BCUT2D eigenvalue weighted by Crippen LogP contribution is 2.32. The van der Waals surface area contributed by atoms with Crippen LogP contribution in [0.4, 0.5) is 0 Å². The second kappa shape index (κ2) is 7.81. The fourth-order valence-electron chi connectivity index (χ4n) is 3.55. The summed E-state index contributed by atoms with van der Waals surface area (Å²) >= 11 is 0. The van der Waals surface area contributed by atoms with Gasteiger partial charge < -0.3 is 19.3 Å². The van der Waals surface area contributed by atoms with E-state index in [0.29, 0.717) is 13.1 Å². The first kappa shape index (κ1) is 18.8. The van der Waals surface area contributed by atoms with Crippen LogP contribution in [0, 0.1) is 0 Å². The highest BCUT2D eigenvalue weighted by molar-refractivity contribution is 7.92. The van der Waals surface area contributed by atoms with Gasteiger partial charge in [-0.15, -0.1) is 0 Å². The average Bonchev–Trinajstić information content (AvgIpc) is 3.17.